The zero-order chi connectivity index (χ0) is 11.1. The van der Waals surface area contributed by atoms with E-state index in [9.17, 15) is 5.11 Å². The Hall–Kier alpha value is -0.120. The van der Waals surface area contributed by atoms with Crippen LogP contribution in [0.4, 0.5) is 0 Å². The minimum atomic E-state index is -0.0242. The molecule has 0 bridgehead atoms. The Balaban J connectivity index is 2.27. The van der Waals surface area contributed by atoms with Crippen molar-refractivity contribution >= 4 is 0 Å². The molecular weight excluding hydrogens is 190 g/mol. The lowest BCUT2D eigenvalue weighted by atomic mass is 9.77. The van der Waals surface area contributed by atoms with E-state index in [1.54, 1.807) is 0 Å². The van der Waals surface area contributed by atoms with Gasteiger partial charge in [-0.05, 0) is 38.5 Å². The molecule has 1 aliphatic rings. The first-order chi connectivity index (χ1) is 7.22. The van der Waals surface area contributed by atoms with Crippen molar-refractivity contribution in [1.82, 2.24) is 5.32 Å². The maximum absolute atomic E-state index is 9.48. The molecule has 0 aliphatic heterocycles. The predicted molar refractivity (Wildman–Crippen MR) is 61.9 cm³/mol. The Morgan fingerprint density at radius 3 is 2.60 bits per heavy atom. The van der Waals surface area contributed by atoms with Crippen LogP contribution in [-0.2, 0) is 4.74 Å². The van der Waals surface area contributed by atoms with Gasteiger partial charge in [0, 0.05) is 18.7 Å². The summed E-state index contributed by atoms with van der Waals surface area (Å²) in [6.07, 6.45) is 4.64. The molecule has 3 heteroatoms. The number of hydrogen-bond donors (Lipinski definition) is 2. The second kappa shape index (κ2) is 6.46. The molecule has 0 aromatic heterocycles. The van der Waals surface area contributed by atoms with Crippen LogP contribution in [0.5, 0.6) is 0 Å². The van der Waals surface area contributed by atoms with Crippen molar-refractivity contribution in [2.75, 3.05) is 26.4 Å². The molecule has 1 rings (SSSR count). The van der Waals surface area contributed by atoms with Gasteiger partial charge in [-0.3, -0.25) is 0 Å². The quantitative estimate of drug-likeness (QED) is 0.661. The van der Waals surface area contributed by atoms with Gasteiger partial charge >= 0.3 is 0 Å². The zero-order valence-electron chi connectivity index (χ0n) is 10.1. The van der Waals surface area contributed by atoms with Crippen molar-refractivity contribution in [1.29, 1.82) is 0 Å². The van der Waals surface area contributed by atoms with Gasteiger partial charge in [0.15, 0.2) is 0 Å². The molecule has 1 saturated carbocycles. The van der Waals surface area contributed by atoms with E-state index in [1.165, 1.54) is 12.8 Å². The molecule has 0 amide bonds. The topological polar surface area (TPSA) is 41.5 Å². The zero-order valence-corrected chi connectivity index (χ0v) is 10.1. The van der Waals surface area contributed by atoms with Gasteiger partial charge in [0.25, 0.3) is 0 Å². The van der Waals surface area contributed by atoms with Crippen molar-refractivity contribution in [3.63, 3.8) is 0 Å². The number of hydrogen-bond acceptors (Lipinski definition) is 3. The van der Waals surface area contributed by atoms with E-state index in [2.05, 4.69) is 12.2 Å². The van der Waals surface area contributed by atoms with Crippen molar-refractivity contribution in [2.45, 2.75) is 45.1 Å². The smallest absolute Gasteiger partial charge is 0.0613 e. The maximum atomic E-state index is 9.48. The van der Waals surface area contributed by atoms with Gasteiger partial charge in [-0.2, -0.15) is 0 Å². The van der Waals surface area contributed by atoms with Crippen molar-refractivity contribution in [3.8, 4) is 0 Å². The van der Waals surface area contributed by atoms with Crippen LogP contribution in [0.2, 0.25) is 0 Å². The molecule has 1 aliphatic carbocycles. The Bertz CT molecular complexity index is 165. The van der Waals surface area contributed by atoms with Crippen LogP contribution < -0.4 is 5.32 Å². The first-order valence-electron chi connectivity index (χ1n) is 6.16. The summed E-state index contributed by atoms with van der Waals surface area (Å²) in [6.45, 7) is 6.92. The summed E-state index contributed by atoms with van der Waals surface area (Å²) in [5.41, 5.74) is -0.0242. The van der Waals surface area contributed by atoms with Crippen molar-refractivity contribution in [3.05, 3.63) is 0 Å². The standard InChI is InChI=1S/C12H25NO2/c1-3-15-9-8-13-12(10-14)6-4-11(2)5-7-12/h11,13-14H,3-10H2,1-2H3. The maximum Gasteiger partial charge on any atom is 0.0613 e. The average Bonchev–Trinajstić information content (AvgIpc) is 2.28. The molecule has 15 heavy (non-hydrogen) atoms. The number of ether oxygens (including phenoxy) is 1. The molecule has 0 unspecified atom stereocenters. The second-order valence-corrected chi connectivity index (χ2v) is 4.74. The van der Waals surface area contributed by atoms with E-state index >= 15 is 0 Å². The lowest BCUT2D eigenvalue weighted by Crippen LogP contribution is -2.51. The summed E-state index contributed by atoms with van der Waals surface area (Å²) in [7, 11) is 0. The first-order valence-corrected chi connectivity index (χ1v) is 6.16. The third kappa shape index (κ3) is 4.09. The molecule has 0 radical (unpaired) electrons. The molecule has 0 saturated heterocycles. The molecule has 1 fully saturated rings. The summed E-state index contributed by atoms with van der Waals surface area (Å²) >= 11 is 0. The number of aliphatic hydroxyl groups is 1. The van der Waals surface area contributed by atoms with Gasteiger partial charge in [0.2, 0.25) is 0 Å². The van der Waals surface area contributed by atoms with E-state index in [1.807, 2.05) is 6.92 Å². The summed E-state index contributed by atoms with van der Waals surface area (Å²) in [4.78, 5) is 0. The van der Waals surface area contributed by atoms with Gasteiger partial charge in [-0.25, -0.2) is 0 Å². The number of rotatable bonds is 6. The van der Waals surface area contributed by atoms with Crippen molar-refractivity contribution in [2.24, 2.45) is 5.92 Å². The minimum Gasteiger partial charge on any atom is -0.394 e. The van der Waals surface area contributed by atoms with Crippen LogP contribution in [0.1, 0.15) is 39.5 Å². The van der Waals surface area contributed by atoms with Gasteiger partial charge in [-0.1, -0.05) is 6.92 Å². The Morgan fingerprint density at radius 1 is 1.40 bits per heavy atom. The summed E-state index contributed by atoms with van der Waals surface area (Å²) in [5, 5.41) is 12.9. The van der Waals surface area contributed by atoms with E-state index < -0.39 is 0 Å². The van der Waals surface area contributed by atoms with Crippen LogP contribution >= 0.6 is 0 Å². The molecule has 0 heterocycles. The monoisotopic (exact) mass is 215 g/mol. The summed E-state index contributed by atoms with van der Waals surface area (Å²) in [6, 6.07) is 0. The molecular formula is C12H25NO2. The largest absolute Gasteiger partial charge is 0.394 e. The Kier molecular flexibility index (Phi) is 5.58. The van der Waals surface area contributed by atoms with E-state index in [-0.39, 0.29) is 12.1 Å². The van der Waals surface area contributed by atoms with E-state index in [4.69, 9.17) is 4.74 Å². The lowest BCUT2D eigenvalue weighted by molar-refractivity contribution is 0.0871. The van der Waals surface area contributed by atoms with E-state index in [0.717, 1.165) is 38.5 Å². The van der Waals surface area contributed by atoms with Crippen LogP contribution in [0.25, 0.3) is 0 Å². The molecule has 3 nitrogen and oxygen atoms in total. The average molecular weight is 215 g/mol. The first kappa shape index (κ1) is 12.9. The molecule has 0 atom stereocenters. The number of nitrogens with one attached hydrogen (secondary N) is 1. The van der Waals surface area contributed by atoms with Crippen LogP contribution in [0, 0.1) is 5.92 Å². The minimum absolute atomic E-state index is 0.0242. The van der Waals surface area contributed by atoms with Crippen LogP contribution in [-0.4, -0.2) is 37.0 Å². The predicted octanol–water partition coefficient (Wildman–Crippen LogP) is 1.55. The van der Waals surface area contributed by atoms with Crippen LogP contribution in [0.15, 0.2) is 0 Å². The van der Waals surface area contributed by atoms with Gasteiger partial charge < -0.3 is 15.2 Å². The highest BCUT2D eigenvalue weighted by molar-refractivity contribution is 4.91. The Morgan fingerprint density at radius 2 is 2.07 bits per heavy atom. The van der Waals surface area contributed by atoms with E-state index in [0.29, 0.717) is 0 Å². The van der Waals surface area contributed by atoms with Gasteiger partial charge in [0.1, 0.15) is 0 Å². The SMILES string of the molecule is CCOCCNC1(CO)CCC(C)CC1. The molecule has 0 aromatic carbocycles. The fourth-order valence-electron chi connectivity index (χ4n) is 2.24. The Labute approximate surface area is 93.2 Å². The van der Waals surface area contributed by atoms with Crippen LogP contribution in [0.3, 0.4) is 0 Å². The summed E-state index contributed by atoms with van der Waals surface area (Å²) in [5.74, 6) is 0.818. The van der Waals surface area contributed by atoms with Gasteiger partial charge in [0.05, 0.1) is 13.2 Å². The molecule has 90 valence electrons. The molecule has 0 aromatic rings. The van der Waals surface area contributed by atoms with Gasteiger partial charge in [-0.15, -0.1) is 0 Å². The normalized spacial score (nSPS) is 31.8. The highest BCUT2D eigenvalue weighted by Crippen LogP contribution is 2.31. The van der Waals surface area contributed by atoms with Crippen molar-refractivity contribution < 1.29 is 9.84 Å². The third-order valence-electron chi connectivity index (χ3n) is 3.48. The second-order valence-electron chi connectivity index (χ2n) is 4.74. The fourth-order valence-corrected chi connectivity index (χ4v) is 2.24. The number of aliphatic hydroxyl groups excluding tert-OH is 1. The highest BCUT2D eigenvalue weighted by Gasteiger charge is 2.32. The highest BCUT2D eigenvalue weighted by atomic mass is 16.5. The molecule has 2 N–H and O–H groups in total. The third-order valence-corrected chi connectivity index (χ3v) is 3.48. The lowest BCUT2D eigenvalue weighted by Gasteiger charge is -2.39. The summed E-state index contributed by atoms with van der Waals surface area (Å²) < 4.78 is 5.29. The fraction of sp³-hybridized carbons (Fsp3) is 1.00. The molecule has 0 spiro atoms.